The van der Waals surface area contributed by atoms with Gasteiger partial charge in [-0.2, -0.15) is 0 Å². The van der Waals surface area contributed by atoms with Crippen molar-refractivity contribution < 1.29 is 13.6 Å². The summed E-state index contributed by atoms with van der Waals surface area (Å²) in [6.45, 7) is -0.279. The summed E-state index contributed by atoms with van der Waals surface area (Å²) in [5.41, 5.74) is 1.83. The summed E-state index contributed by atoms with van der Waals surface area (Å²) >= 11 is 7.10. The molecule has 146 valence electrons. The number of nitrogens with zero attached hydrogens (tertiary/aromatic N) is 2. The average molecular weight is 432 g/mol. The maximum atomic E-state index is 13.2. The SMILES string of the molecule is O=C(Cn1cnc2c(-c3ccc(F)cc3)csc2c1=O)Nc1ccc(F)cc1Cl. The quantitative estimate of drug-likeness (QED) is 0.509. The van der Waals surface area contributed by atoms with Gasteiger partial charge >= 0.3 is 0 Å². The third-order valence-electron chi connectivity index (χ3n) is 4.22. The predicted octanol–water partition coefficient (Wildman–Crippen LogP) is 4.70. The number of rotatable bonds is 4. The fraction of sp³-hybridized carbons (Fsp3) is 0.0500. The molecule has 1 amide bonds. The van der Waals surface area contributed by atoms with Crippen LogP contribution in [0.15, 0.2) is 59.0 Å². The molecule has 9 heteroatoms. The molecule has 4 aromatic rings. The molecule has 0 aliphatic heterocycles. The van der Waals surface area contributed by atoms with E-state index in [9.17, 15) is 18.4 Å². The van der Waals surface area contributed by atoms with Crippen LogP contribution in [-0.4, -0.2) is 15.5 Å². The maximum absolute atomic E-state index is 13.2. The number of thiophene rings is 1. The zero-order chi connectivity index (χ0) is 20.5. The van der Waals surface area contributed by atoms with Gasteiger partial charge in [0.25, 0.3) is 5.56 Å². The molecule has 0 saturated heterocycles. The van der Waals surface area contributed by atoms with Gasteiger partial charge in [0, 0.05) is 10.9 Å². The highest BCUT2D eigenvalue weighted by Gasteiger charge is 2.15. The zero-order valence-electron chi connectivity index (χ0n) is 14.7. The second-order valence-corrected chi connectivity index (χ2v) is 7.47. The van der Waals surface area contributed by atoms with Crippen LogP contribution < -0.4 is 10.9 Å². The highest BCUT2D eigenvalue weighted by molar-refractivity contribution is 7.17. The Hall–Kier alpha value is -3.10. The predicted molar refractivity (Wildman–Crippen MR) is 109 cm³/mol. The fourth-order valence-corrected chi connectivity index (χ4v) is 4.01. The Kier molecular flexibility index (Phi) is 5.12. The van der Waals surface area contributed by atoms with Gasteiger partial charge in [-0.1, -0.05) is 23.7 Å². The lowest BCUT2D eigenvalue weighted by Crippen LogP contribution is -2.27. The minimum atomic E-state index is -0.520. The van der Waals surface area contributed by atoms with E-state index in [1.165, 1.54) is 46.5 Å². The average Bonchev–Trinajstić information content (AvgIpc) is 3.12. The van der Waals surface area contributed by atoms with Gasteiger partial charge in [-0.05, 0) is 35.9 Å². The zero-order valence-corrected chi connectivity index (χ0v) is 16.2. The van der Waals surface area contributed by atoms with Gasteiger partial charge in [0.15, 0.2) is 0 Å². The van der Waals surface area contributed by atoms with Crippen LogP contribution in [0.1, 0.15) is 0 Å². The van der Waals surface area contributed by atoms with Gasteiger partial charge in [-0.3, -0.25) is 14.2 Å². The molecular formula is C20H12ClF2N3O2S. The lowest BCUT2D eigenvalue weighted by molar-refractivity contribution is -0.116. The molecule has 29 heavy (non-hydrogen) atoms. The Bertz CT molecular complexity index is 1290. The van der Waals surface area contributed by atoms with E-state index in [1.807, 2.05) is 0 Å². The molecule has 2 aromatic carbocycles. The van der Waals surface area contributed by atoms with Gasteiger partial charge in [0.05, 0.1) is 22.6 Å². The van der Waals surface area contributed by atoms with Gasteiger partial charge < -0.3 is 5.32 Å². The second-order valence-electron chi connectivity index (χ2n) is 6.18. The van der Waals surface area contributed by atoms with Crippen molar-refractivity contribution in [3.8, 4) is 11.1 Å². The third kappa shape index (κ3) is 3.90. The van der Waals surface area contributed by atoms with E-state index in [1.54, 1.807) is 17.5 Å². The van der Waals surface area contributed by atoms with Crippen LogP contribution in [0.2, 0.25) is 5.02 Å². The Morgan fingerprint density at radius 1 is 1.14 bits per heavy atom. The Morgan fingerprint density at radius 3 is 2.59 bits per heavy atom. The van der Waals surface area contributed by atoms with E-state index in [-0.39, 0.29) is 28.6 Å². The summed E-state index contributed by atoms with van der Waals surface area (Å²) in [5, 5.41) is 4.37. The first-order chi connectivity index (χ1) is 13.9. The standard InChI is InChI=1S/C20H12ClF2N3O2S/c21-15-7-13(23)5-6-16(15)25-17(27)8-26-10-24-18-14(9-29-19(18)20(26)28)11-1-3-12(22)4-2-11/h1-7,9-10H,8H2,(H,25,27). The first-order valence-electron chi connectivity index (χ1n) is 8.40. The molecular weight excluding hydrogens is 420 g/mol. The van der Waals surface area contributed by atoms with Gasteiger partial charge in [0.2, 0.25) is 5.91 Å². The number of hydrogen-bond acceptors (Lipinski definition) is 4. The number of nitrogens with one attached hydrogen (secondary N) is 1. The van der Waals surface area contributed by atoms with Crippen molar-refractivity contribution in [3.63, 3.8) is 0 Å². The maximum Gasteiger partial charge on any atom is 0.271 e. The van der Waals surface area contributed by atoms with Crippen molar-refractivity contribution in [3.05, 3.63) is 81.2 Å². The largest absolute Gasteiger partial charge is 0.323 e. The van der Waals surface area contributed by atoms with E-state index in [4.69, 9.17) is 11.6 Å². The summed E-state index contributed by atoms with van der Waals surface area (Å²) in [5.74, 6) is -1.37. The van der Waals surface area contributed by atoms with Crippen LogP contribution in [-0.2, 0) is 11.3 Å². The molecule has 0 spiro atoms. The molecule has 2 heterocycles. The van der Waals surface area contributed by atoms with E-state index in [0.717, 1.165) is 17.2 Å². The summed E-state index contributed by atoms with van der Waals surface area (Å²) in [4.78, 5) is 29.3. The van der Waals surface area contributed by atoms with Crippen molar-refractivity contribution in [1.29, 1.82) is 0 Å². The van der Waals surface area contributed by atoms with Crippen LogP contribution in [0.25, 0.3) is 21.3 Å². The van der Waals surface area contributed by atoms with Crippen molar-refractivity contribution >= 4 is 44.7 Å². The van der Waals surface area contributed by atoms with Gasteiger partial charge in [-0.15, -0.1) is 11.3 Å². The number of carbonyl (C=O) groups excluding carboxylic acids is 1. The normalized spacial score (nSPS) is 11.0. The molecule has 0 bridgehead atoms. The molecule has 0 unspecified atom stereocenters. The Labute approximate surface area is 172 Å². The Morgan fingerprint density at radius 2 is 1.86 bits per heavy atom. The number of fused-ring (bicyclic) bond motifs is 1. The first kappa shape index (κ1) is 19.2. The van der Waals surface area contributed by atoms with Crippen molar-refractivity contribution in [2.75, 3.05) is 5.32 Å². The van der Waals surface area contributed by atoms with E-state index >= 15 is 0 Å². The number of anilines is 1. The molecule has 0 aliphatic carbocycles. The number of amides is 1. The molecule has 0 fully saturated rings. The molecule has 0 aliphatic rings. The lowest BCUT2D eigenvalue weighted by Gasteiger charge is -2.09. The number of hydrogen-bond donors (Lipinski definition) is 1. The summed E-state index contributed by atoms with van der Waals surface area (Å²) in [6, 6.07) is 9.50. The van der Waals surface area contributed by atoms with E-state index < -0.39 is 11.7 Å². The summed E-state index contributed by atoms with van der Waals surface area (Å²) in [6.07, 6.45) is 1.29. The van der Waals surface area contributed by atoms with Crippen LogP contribution in [0, 0.1) is 11.6 Å². The first-order valence-corrected chi connectivity index (χ1v) is 9.65. The van der Waals surface area contributed by atoms with Crippen LogP contribution in [0.3, 0.4) is 0 Å². The van der Waals surface area contributed by atoms with Crippen LogP contribution >= 0.6 is 22.9 Å². The molecule has 5 nitrogen and oxygen atoms in total. The molecule has 4 rings (SSSR count). The van der Waals surface area contributed by atoms with Crippen LogP contribution in [0.5, 0.6) is 0 Å². The van der Waals surface area contributed by atoms with E-state index in [0.29, 0.717) is 10.2 Å². The van der Waals surface area contributed by atoms with Crippen molar-refractivity contribution in [2.45, 2.75) is 6.54 Å². The minimum Gasteiger partial charge on any atom is -0.323 e. The number of carbonyl (C=O) groups is 1. The molecule has 1 N–H and O–H groups in total. The molecule has 0 radical (unpaired) electrons. The van der Waals surface area contributed by atoms with Crippen molar-refractivity contribution in [2.24, 2.45) is 0 Å². The highest BCUT2D eigenvalue weighted by atomic mass is 35.5. The highest BCUT2D eigenvalue weighted by Crippen LogP contribution is 2.30. The fourth-order valence-electron chi connectivity index (χ4n) is 2.82. The molecule has 2 aromatic heterocycles. The number of halogens is 3. The monoisotopic (exact) mass is 431 g/mol. The minimum absolute atomic E-state index is 0.0569. The number of benzene rings is 2. The third-order valence-corrected chi connectivity index (χ3v) is 5.49. The molecule has 0 saturated carbocycles. The second kappa shape index (κ2) is 7.73. The van der Waals surface area contributed by atoms with E-state index in [2.05, 4.69) is 10.3 Å². The lowest BCUT2D eigenvalue weighted by atomic mass is 10.1. The van der Waals surface area contributed by atoms with Crippen LogP contribution in [0.4, 0.5) is 14.5 Å². The molecule has 0 atom stereocenters. The smallest absolute Gasteiger partial charge is 0.271 e. The van der Waals surface area contributed by atoms with Crippen molar-refractivity contribution in [1.82, 2.24) is 9.55 Å². The van der Waals surface area contributed by atoms with Gasteiger partial charge in [0.1, 0.15) is 22.9 Å². The van der Waals surface area contributed by atoms with Gasteiger partial charge in [-0.25, -0.2) is 13.8 Å². The topological polar surface area (TPSA) is 64.0 Å². The Balaban J connectivity index is 1.60. The summed E-state index contributed by atoms with van der Waals surface area (Å²) in [7, 11) is 0. The number of aromatic nitrogens is 2. The summed E-state index contributed by atoms with van der Waals surface area (Å²) < 4.78 is 27.8.